The average Bonchev–Trinajstić information content (AvgIpc) is 3.32. The van der Waals surface area contributed by atoms with E-state index in [9.17, 15) is 14.0 Å². The topological polar surface area (TPSA) is 49.9 Å². The number of thiophene rings is 1. The number of hydrogen-bond donors (Lipinski definition) is 0. The molecule has 5 nitrogen and oxygen atoms in total. The van der Waals surface area contributed by atoms with Gasteiger partial charge < -0.3 is 14.5 Å². The fourth-order valence-electron chi connectivity index (χ4n) is 4.16. The first-order chi connectivity index (χ1) is 16.5. The molecule has 1 aliphatic rings. The summed E-state index contributed by atoms with van der Waals surface area (Å²) in [5.41, 5.74) is 1.62. The highest BCUT2D eigenvalue weighted by Crippen LogP contribution is 2.34. The molecule has 0 fully saturated rings. The highest BCUT2D eigenvalue weighted by molar-refractivity contribution is 9.10. The summed E-state index contributed by atoms with van der Waals surface area (Å²) in [4.78, 5) is 31.3. The third kappa shape index (κ3) is 5.67. The zero-order valence-corrected chi connectivity index (χ0v) is 21.3. The third-order valence-electron chi connectivity index (χ3n) is 5.82. The second-order valence-corrected chi connectivity index (χ2v) is 10.1. The zero-order valence-electron chi connectivity index (χ0n) is 18.9. The number of carbonyl (C=O) groups is 2. The van der Waals surface area contributed by atoms with E-state index in [2.05, 4.69) is 15.9 Å². The van der Waals surface area contributed by atoms with Crippen molar-refractivity contribution in [2.75, 3.05) is 26.2 Å². The summed E-state index contributed by atoms with van der Waals surface area (Å²) < 4.78 is 20.0. The number of benzene rings is 2. The summed E-state index contributed by atoms with van der Waals surface area (Å²) in [5, 5.41) is 2.03. The molecule has 0 saturated heterocycles. The van der Waals surface area contributed by atoms with E-state index >= 15 is 0 Å². The molecule has 1 aliphatic heterocycles. The Morgan fingerprint density at radius 2 is 2.00 bits per heavy atom. The van der Waals surface area contributed by atoms with Crippen LogP contribution in [0.3, 0.4) is 0 Å². The van der Waals surface area contributed by atoms with Gasteiger partial charge in [0.2, 0.25) is 5.91 Å². The molecule has 0 bridgehead atoms. The van der Waals surface area contributed by atoms with Crippen LogP contribution in [0.5, 0.6) is 5.75 Å². The number of amides is 2. The Morgan fingerprint density at radius 1 is 1.21 bits per heavy atom. The lowest BCUT2D eigenvalue weighted by atomic mass is 10.0. The van der Waals surface area contributed by atoms with E-state index in [1.165, 1.54) is 17.0 Å². The van der Waals surface area contributed by atoms with Crippen LogP contribution in [0.25, 0.3) is 0 Å². The monoisotopic (exact) mass is 544 g/mol. The number of carbonyl (C=O) groups excluding carboxylic acids is 2. The summed E-state index contributed by atoms with van der Waals surface area (Å²) in [7, 11) is 0. The molecule has 178 valence electrons. The minimum atomic E-state index is -0.326. The van der Waals surface area contributed by atoms with Gasteiger partial charge in [-0.3, -0.25) is 9.59 Å². The Morgan fingerprint density at radius 3 is 2.74 bits per heavy atom. The van der Waals surface area contributed by atoms with Crippen molar-refractivity contribution in [3.63, 3.8) is 0 Å². The van der Waals surface area contributed by atoms with Crippen molar-refractivity contribution in [1.82, 2.24) is 9.80 Å². The minimum absolute atomic E-state index is 0.00566. The van der Waals surface area contributed by atoms with Crippen molar-refractivity contribution < 1.29 is 18.7 Å². The lowest BCUT2D eigenvalue weighted by Crippen LogP contribution is -2.48. The maximum Gasteiger partial charge on any atom is 0.254 e. The van der Waals surface area contributed by atoms with Crippen molar-refractivity contribution in [2.45, 2.75) is 25.8 Å². The fraction of sp³-hybridized carbons (Fsp3) is 0.308. The Balaban J connectivity index is 1.51. The SMILES string of the molecule is CCCN(CC(=O)N1CCc2sccc2[C@@H]1COc1ccc(F)cc1)C(=O)c1cccc(Br)c1. The second kappa shape index (κ2) is 11.1. The highest BCUT2D eigenvalue weighted by atomic mass is 79.9. The van der Waals surface area contributed by atoms with E-state index in [1.807, 2.05) is 35.4 Å². The number of ether oxygens (including phenoxy) is 1. The largest absolute Gasteiger partial charge is 0.491 e. The van der Waals surface area contributed by atoms with Crippen molar-refractivity contribution >= 4 is 39.1 Å². The normalized spacial score (nSPS) is 15.0. The van der Waals surface area contributed by atoms with E-state index in [-0.39, 0.29) is 36.8 Å². The molecule has 1 aromatic heterocycles. The Bertz CT molecular complexity index is 1150. The highest BCUT2D eigenvalue weighted by Gasteiger charge is 2.33. The quantitative estimate of drug-likeness (QED) is 0.365. The number of rotatable bonds is 8. The summed E-state index contributed by atoms with van der Waals surface area (Å²) in [6, 6.07) is 14.9. The van der Waals surface area contributed by atoms with Crippen LogP contribution in [-0.2, 0) is 11.2 Å². The summed E-state index contributed by atoms with van der Waals surface area (Å²) in [6.45, 7) is 3.31. The predicted molar refractivity (Wildman–Crippen MR) is 135 cm³/mol. The fourth-order valence-corrected chi connectivity index (χ4v) is 5.49. The van der Waals surface area contributed by atoms with Gasteiger partial charge in [0.1, 0.15) is 24.7 Å². The Kier molecular flexibility index (Phi) is 8.00. The summed E-state index contributed by atoms with van der Waals surface area (Å²) >= 11 is 5.09. The van der Waals surface area contributed by atoms with Crippen molar-refractivity contribution in [1.29, 1.82) is 0 Å². The summed E-state index contributed by atoms with van der Waals surface area (Å²) in [5.74, 6) is -0.0492. The molecule has 2 aromatic carbocycles. The van der Waals surface area contributed by atoms with Gasteiger partial charge >= 0.3 is 0 Å². The molecular weight excluding hydrogens is 519 g/mol. The average molecular weight is 545 g/mol. The lowest BCUT2D eigenvalue weighted by molar-refractivity contribution is -0.135. The van der Waals surface area contributed by atoms with E-state index in [4.69, 9.17) is 4.74 Å². The molecule has 0 radical (unpaired) electrons. The molecule has 0 N–H and O–H groups in total. The van der Waals surface area contributed by atoms with Crippen LogP contribution in [0.15, 0.2) is 64.5 Å². The van der Waals surface area contributed by atoms with Gasteiger partial charge in [0.25, 0.3) is 5.91 Å². The zero-order chi connectivity index (χ0) is 24.1. The van der Waals surface area contributed by atoms with E-state index < -0.39 is 0 Å². The van der Waals surface area contributed by atoms with Gasteiger partial charge in [-0.1, -0.05) is 28.9 Å². The molecule has 8 heteroatoms. The molecule has 2 heterocycles. The molecule has 0 spiro atoms. The molecule has 1 atom stereocenters. The number of halogens is 2. The van der Waals surface area contributed by atoms with Crippen LogP contribution < -0.4 is 4.74 Å². The van der Waals surface area contributed by atoms with Crippen LogP contribution in [0.4, 0.5) is 4.39 Å². The van der Waals surface area contributed by atoms with E-state index in [1.54, 1.807) is 40.5 Å². The number of fused-ring (bicyclic) bond motifs is 1. The van der Waals surface area contributed by atoms with Gasteiger partial charge in [-0.2, -0.15) is 0 Å². The van der Waals surface area contributed by atoms with Gasteiger partial charge in [0.15, 0.2) is 0 Å². The first-order valence-electron chi connectivity index (χ1n) is 11.2. The molecule has 4 rings (SSSR count). The Hall–Kier alpha value is -2.71. The van der Waals surface area contributed by atoms with E-state index in [0.29, 0.717) is 24.4 Å². The first-order valence-corrected chi connectivity index (χ1v) is 12.9. The Labute approximate surface area is 211 Å². The smallest absolute Gasteiger partial charge is 0.254 e. The predicted octanol–water partition coefficient (Wildman–Crippen LogP) is 5.71. The molecular formula is C26H26BrFN2O3S. The van der Waals surface area contributed by atoms with Crippen LogP contribution in [0, 0.1) is 5.82 Å². The first kappa shape index (κ1) is 24.4. The van der Waals surface area contributed by atoms with Crippen molar-refractivity contribution in [2.24, 2.45) is 0 Å². The minimum Gasteiger partial charge on any atom is -0.491 e. The van der Waals surface area contributed by atoms with Crippen LogP contribution in [0.2, 0.25) is 0 Å². The molecule has 2 amide bonds. The number of hydrogen-bond acceptors (Lipinski definition) is 4. The van der Waals surface area contributed by atoms with Gasteiger partial charge in [-0.25, -0.2) is 4.39 Å². The van der Waals surface area contributed by atoms with Crippen LogP contribution in [0.1, 0.15) is 40.2 Å². The standard InChI is InChI=1S/C26H26BrFN2O3S/c1-2-12-29(26(32)18-4-3-5-19(27)15-18)16-25(31)30-13-10-24-22(11-14-34-24)23(30)17-33-21-8-6-20(28)7-9-21/h3-9,11,14-15,23H,2,10,12-13,16-17H2,1H3/t23-/m0/s1. The van der Waals surface area contributed by atoms with Gasteiger partial charge in [0.05, 0.1) is 6.04 Å². The third-order valence-corrected chi connectivity index (χ3v) is 7.30. The molecule has 0 aliphatic carbocycles. The second-order valence-electron chi connectivity index (χ2n) is 8.15. The van der Waals surface area contributed by atoms with Crippen molar-refractivity contribution in [3.05, 3.63) is 86.3 Å². The maximum absolute atomic E-state index is 13.5. The van der Waals surface area contributed by atoms with Gasteiger partial charge in [-0.05, 0) is 72.3 Å². The maximum atomic E-state index is 13.5. The number of nitrogens with zero attached hydrogens (tertiary/aromatic N) is 2. The molecule has 34 heavy (non-hydrogen) atoms. The molecule has 3 aromatic rings. The molecule has 0 unspecified atom stereocenters. The van der Waals surface area contributed by atoms with E-state index in [0.717, 1.165) is 22.9 Å². The summed E-state index contributed by atoms with van der Waals surface area (Å²) in [6.07, 6.45) is 1.53. The van der Waals surface area contributed by atoms with Gasteiger partial charge in [0, 0.05) is 28.0 Å². The lowest BCUT2D eigenvalue weighted by Gasteiger charge is -2.37. The van der Waals surface area contributed by atoms with Crippen LogP contribution >= 0.6 is 27.3 Å². The van der Waals surface area contributed by atoms with Gasteiger partial charge in [-0.15, -0.1) is 11.3 Å². The van der Waals surface area contributed by atoms with Crippen LogP contribution in [-0.4, -0.2) is 47.9 Å². The molecule has 0 saturated carbocycles. The van der Waals surface area contributed by atoms with Crippen molar-refractivity contribution in [3.8, 4) is 5.75 Å².